The largest absolute Gasteiger partial charge is 0.276 e. The van der Waals surface area contributed by atoms with Gasteiger partial charge in [-0.15, -0.1) is 0 Å². The third-order valence-corrected chi connectivity index (χ3v) is 5.27. The number of hydrazone groups is 1. The SMILES string of the molecule is C/C(=N/NS(=O)(=O)c1ccc(C)c([N+](=O)[O-])c1)c1c(C)cc(C)cc1C. The summed E-state index contributed by atoms with van der Waals surface area (Å²) in [5.74, 6) is 0. The van der Waals surface area contributed by atoms with E-state index in [9.17, 15) is 18.5 Å². The average Bonchev–Trinajstić information content (AvgIpc) is 2.52. The van der Waals surface area contributed by atoms with Gasteiger partial charge < -0.3 is 0 Å². The highest BCUT2D eigenvalue weighted by Gasteiger charge is 2.19. The van der Waals surface area contributed by atoms with Crippen molar-refractivity contribution in [3.05, 3.63) is 68.3 Å². The van der Waals surface area contributed by atoms with Gasteiger partial charge in [0.2, 0.25) is 0 Å². The third kappa shape index (κ3) is 4.08. The summed E-state index contributed by atoms with van der Waals surface area (Å²) in [5, 5.41) is 15.0. The van der Waals surface area contributed by atoms with Gasteiger partial charge in [-0.05, 0) is 51.8 Å². The molecule has 0 aromatic heterocycles. The van der Waals surface area contributed by atoms with Crippen LogP contribution in [0.4, 0.5) is 5.69 Å². The van der Waals surface area contributed by atoms with E-state index in [0.717, 1.165) is 28.3 Å². The summed E-state index contributed by atoms with van der Waals surface area (Å²) in [6.07, 6.45) is 0. The number of benzene rings is 2. The Kier molecular flexibility index (Phi) is 5.46. The molecule has 8 heteroatoms. The molecule has 0 saturated heterocycles. The van der Waals surface area contributed by atoms with Crippen LogP contribution in [-0.4, -0.2) is 19.1 Å². The summed E-state index contributed by atoms with van der Waals surface area (Å²) >= 11 is 0. The van der Waals surface area contributed by atoms with E-state index in [2.05, 4.69) is 9.93 Å². The van der Waals surface area contributed by atoms with Crippen LogP contribution >= 0.6 is 0 Å². The number of nitro benzene ring substituents is 1. The molecule has 0 aliphatic rings. The second kappa shape index (κ2) is 7.25. The molecule has 0 aliphatic carbocycles. The van der Waals surface area contributed by atoms with Crippen molar-refractivity contribution in [2.45, 2.75) is 39.5 Å². The summed E-state index contributed by atoms with van der Waals surface area (Å²) in [6, 6.07) is 7.75. The Bertz CT molecular complexity index is 988. The minimum atomic E-state index is -4.01. The minimum absolute atomic E-state index is 0.205. The Morgan fingerprint density at radius 2 is 1.62 bits per heavy atom. The molecule has 1 N–H and O–H groups in total. The summed E-state index contributed by atoms with van der Waals surface area (Å²) in [5.41, 5.74) is 4.63. The number of hydrogen-bond acceptors (Lipinski definition) is 5. The van der Waals surface area contributed by atoms with Gasteiger partial charge in [-0.1, -0.05) is 23.8 Å². The standard InChI is InChI=1S/C18H21N3O4S/c1-11-8-13(3)18(14(4)9-11)15(5)19-20-26(24,25)16-7-6-12(2)17(10-16)21(22)23/h6-10,20H,1-5H3/b19-15-. The zero-order valence-corrected chi connectivity index (χ0v) is 16.1. The molecule has 0 fully saturated rings. The fourth-order valence-electron chi connectivity index (χ4n) is 2.94. The van der Waals surface area contributed by atoms with Crippen LogP contribution in [0.25, 0.3) is 0 Å². The second-order valence-corrected chi connectivity index (χ2v) is 7.93. The van der Waals surface area contributed by atoms with Crippen molar-refractivity contribution < 1.29 is 13.3 Å². The molecule has 0 heterocycles. The Hall–Kier alpha value is -2.74. The number of aryl methyl sites for hydroxylation is 4. The normalized spacial score (nSPS) is 12.1. The lowest BCUT2D eigenvalue weighted by atomic mass is 9.97. The highest BCUT2D eigenvalue weighted by Crippen LogP contribution is 2.22. The van der Waals surface area contributed by atoms with Gasteiger partial charge in [0.15, 0.2) is 0 Å². The first kappa shape index (κ1) is 19.6. The number of nitrogens with one attached hydrogen (secondary N) is 1. The molecule has 0 saturated carbocycles. The number of rotatable bonds is 5. The predicted octanol–water partition coefficient (Wildman–Crippen LogP) is 3.53. The average molecular weight is 375 g/mol. The van der Waals surface area contributed by atoms with Crippen molar-refractivity contribution in [3.63, 3.8) is 0 Å². The maximum absolute atomic E-state index is 12.4. The fourth-order valence-corrected chi connectivity index (χ4v) is 3.82. The Labute approximate surface area is 153 Å². The first-order chi connectivity index (χ1) is 12.0. The molecule has 0 amide bonds. The molecule has 2 aromatic carbocycles. The molecular formula is C18H21N3O4S. The van der Waals surface area contributed by atoms with Gasteiger partial charge in [-0.2, -0.15) is 18.4 Å². The predicted molar refractivity (Wildman–Crippen MR) is 101 cm³/mol. The van der Waals surface area contributed by atoms with Crippen LogP contribution in [-0.2, 0) is 10.0 Å². The maximum Gasteiger partial charge on any atom is 0.276 e. The van der Waals surface area contributed by atoms with E-state index in [1.54, 1.807) is 13.8 Å². The van der Waals surface area contributed by atoms with Crippen molar-refractivity contribution in [1.82, 2.24) is 4.83 Å². The van der Waals surface area contributed by atoms with Gasteiger partial charge in [0.25, 0.3) is 15.7 Å². The van der Waals surface area contributed by atoms with E-state index in [1.165, 1.54) is 12.1 Å². The lowest BCUT2D eigenvalue weighted by molar-refractivity contribution is -0.385. The van der Waals surface area contributed by atoms with E-state index in [0.29, 0.717) is 11.3 Å². The van der Waals surface area contributed by atoms with E-state index < -0.39 is 14.9 Å². The van der Waals surface area contributed by atoms with Gasteiger partial charge in [-0.25, -0.2) is 0 Å². The summed E-state index contributed by atoms with van der Waals surface area (Å²) in [6.45, 7) is 9.12. The molecule has 2 aromatic rings. The van der Waals surface area contributed by atoms with Crippen molar-refractivity contribution >= 4 is 21.4 Å². The topological polar surface area (TPSA) is 102 Å². The summed E-state index contributed by atoms with van der Waals surface area (Å²) in [7, 11) is -4.01. The van der Waals surface area contributed by atoms with E-state index in [1.807, 2.05) is 32.9 Å². The lowest BCUT2D eigenvalue weighted by Gasteiger charge is -2.11. The quantitative estimate of drug-likeness (QED) is 0.490. The molecule has 0 radical (unpaired) electrons. The molecule has 0 atom stereocenters. The van der Waals surface area contributed by atoms with Gasteiger partial charge in [0.05, 0.1) is 15.5 Å². The van der Waals surface area contributed by atoms with Gasteiger partial charge in [0, 0.05) is 17.2 Å². The lowest BCUT2D eigenvalue weighted by Crippen LogP contribution is -2.20. The van der Waals surface area contributed by atoms with E-state index in [-0.39, 0.29) is 10.6 Å². The van der Waals surface area contributed by atoms with Crippen LogP contribution < -0.4 is 4.83 Å². The number of sulfonamides is 1. The Morgan fingerprint density at radius 3 is 2.15 bits per heavy atom. The minimum Gasteiger partial charge on any atom is -0.258 e. The maximum atomic E-state index is 12.4. The van der Waals surface area contributed by atoms with Crippen LogP contribution in [0.2, 0.25) is 0 Å². The molecule has 0 bridgehead atoms. The zero-order chi connectivity index (χ0) is 19.6. The first-order valence-electron chi connectivity index (χ1n) is 7.92. The highest BCUT2D eigenvalue weighted by molar-refractivity contribution is 7.89. The van der Waals surface area contributed by atoms with Crippen LogP contribution in [0.5, 0.6) is 0 Å². The van der Waals surface area contributed by atoms with Gasteiger partial charge in [-0.3, -0.25) is 10.1 Å². The Balaban J connectivity index is 2.37. The first-order valence-corrected chi connectivity index (χ1v) is 9.40. The molecule has 0 spiro atoms. The van der Waals surface area contributed by atoms with Crippen LogP contribution in [0.3, 0.4) is 0 Å². The third-order valence-electron chi connectivity index (χ3n) is 4.06. The monoisotopic (exact) mass is 375 g/mol. The summed E-state index contributed by atoms with van der Waals surface area (Å²) < 4.78 is 24.9. The molecule has 0 aliphatic heterocycles. The molecule has 26 heavy (non-hydrogen) atoms. The summed E-state index contributed by atoms with van der Waals surface area (Å²) in [4.78, 5) is 12.4. The van der Waals surface area contributed by atoms with Crippen molar-refractivity contribution in [2.75, 3.05) is 0 Å². The van der Waals surface area contributed by atoms with Crippen LogP contribution in [0.15, 0.2) is 40.3 Å². The van der Waals surface area contributed by atoms with Crippen LogP contribution in [0, 0.1) is 37.8 Å². The van der Waals surface area contributed by atoms with Crippen molar-refractivity contribution in [3.8, 4) is 0 Å². The van der Waals surface area contributed by atoms with Crippen molar-refractivity contribution in [1.29, 1.82) is 0 Å². The molecule has 138 valence electrons. The van der Waals surface area contributed by atoms with Crippen LogP contribution in [0.1, 0.15) is 34.7 Å². The van der Waals surface area contributed by atoms with Gasteiger partial charge in [0.1, 0.15) is 0 Å². The molecule has 0 unspecified atom stereocenters. The Morgan fingerprint density at radius 1 is 1.04 bits per heavy atom. The second-order valence-electron chi connectivity index (χ2n) is 6.27. The fraction of sp³-hybridized carbons (Fsp3) is 0.278. The molecule has 7 nitrogen and oxygen atoms in total. The van der Waals surface area contributed by atoms with E-state index >= 15 is 0 Å². The van der Waals surface area contributed by atoms with Gasteiger partial charge >= 0.3 is 0 Å². The molecule has 2 rings (SSSR count). The molecular weight excluding hydrogens is 354 g/mol. The highest BCUT2D eigenvalue weighted by atomic mass is 32.2. The number of nitro groups is 1. The number of hydrogen-bond donors (Lipinski definition) is 1. The van der Waals surface area contributed by atoms with Crippen molar-refractivity contribution in [2.24, 2.45) is 5.10 Å². The number of nitrogens with zero attached hydrogens (tertiary/aromatic N) is 2. The smallest absolute Gasteiger partial charge is 0.258 e. The van der Waals surface area contributed by atoms with E-state index in [4.69, 9.17) is 0 Å². The zero-order valence-electron chi connectivity index (χ0n) is 15.3.